The van der Waals surface area contributed by atoms with Crippen LogP contribution in [0.3, 0.4) is 0 Å². The Kier molecular flexibility index (Phi) is 4.77. The van der Waals surface area contributed by atoms with Crippen LogP contribution in [0.2, 0.25) is 0 Å². The molecule has 1 aromatic rings. The molecular formula is C19H31N5O2. The van der Waals surface area contributed by atoms with Crippen molar-refractivity contribution in [2.75, 3.05) is 26.2 Å². The Balaban J connectivity index is 1.34. The van der Waals surface area contributed by atoms with E-state index in [0.29, 0.717) is 11.8 Å². The van der Waals surface area contributed by atoms with E-state index >= 15 is 0 Å². The van der Waals surface area contributed by atoms with Crippen molar-refractivity contribution in [1.82, 2.24) is 24.6 Å². The van der Waals surface area contributed by atoms with E-state index in [0.717, 1.165) is 82.9 Å². The van der Waals surface area contributed by atoms with Crippen LogP contribution in [0.15, 0.2) is 0 Å². The number of amides is 1. The largest absolute Gasteiger partial charge is 0.393 e. The molecule has 7 nitrogen and oxygen atoms in total. The second kappa shape index (κ2) is 6.93. The van der Waals surface area contributed by atoms with Gasteiger partial charge in [0.05, 0.1) is 12.6 Å². The van der Waals surface area contributed by atoms with E-state index in [4.69, 9.17) is 0 Å². The van der Waals surface area contributed by atoms with Gasteiger partial charge in [0.25, 0.3) is 0 Å². The number of aliphatic hydroxyl groups excluding tert-OH is 1. The summed E-state index contributed by atoms with van der Waals surface area (Å²) in [5, 5.41) is 18.6. The topological polar surface area (TPSA) is 74.5 Å². The van der Waals surface area contributed by atoms with Gasteiger partial charge < -0.3 is 14.6 Å². The molecule has 1 aliphatic carbocycles. The minimum absolute atomic E-state index is 0.0627. The van der Waals surface area contributed by atoms with Gasteiger partial charge in [0.2, 0.25) is 5.91 Å². The van der Waals surface area contributed by atoms with Crippen LogP contribution in [0.25, 0.3) is 0 Å². The van der Waals surface area contributed by atoms with Gasteiger partial charge >= 0.3 is 0 Å². The molecule has 7 heteroatoms. The Morgan fingerprint density at radius 3 is 2.38 bits per heavy atom. The summed E-state index contributed by atoms with van der Waals surface area (Å²) < 4.78 is 2.15. The fourth-order valence-electron chi connectivity index (χ4n) is 4.27. The van der Waals surface area contributed by atoms with Gasteiger partial charge in [0.1, 0.15) is 11.6 Å². The summed E-state index contributed by atoms with van der Waals surface area (Å²) in [7, 11) is 2.06. The van der Waals surface area contributed by atoms with Crippen molar-refractivity contribution in [3.8, 4) is 0 Å². The third kappa shape index (κ3) is 3.51. The Labute approximate surface area is 155 Å². The molecule has 0 radical (unpaired) electrons. The smallest absolute Gasteiger partial charge is 0.228 e. The summed E-state index contributed by atoms with van der Waals surface area (Å²) in [6.45, 7) is 6.41. The summed E-state index contributed by atoms with van der Waals surface area (Å²) in [6, 6.07) is 0. The predicted octanol–water partition coefficient (Wildman–Crippen LogP) is 1.28. The fourth-order valence-corrected chi connectivity index (χ4v) is 4.27. The lowest BCUT2D eigenvalue weighted by atomic mass is 9.94. The monoisotopic (exact) mass is 361 g/mol. The fraction of sp³-hybridized carbons (Fsp3) is 0.842. The lowest BCUT2D eigenvalue weighted by molar-refractivity contribution is -0.137. The molecule has 26 heavy (non-hydrogen) atoms. The highest BCUT2D eigenvalue weighted by atomic mass is 16.3. The molecule has 3 aliphatic rings. The third-order valence-corrected chi connectivity index (χ3v) is 6.58. The van der Waals surface area contributed by atoms with Crippen LogP contribution in [0.5, 0.6) is 0 Å². The van der Waals surface area contributed by atoms with Crippen molar-refractivity contribution in [3.63, 3.8) is 0 Å². The van der Waals surface area contributed by atoms with Crippen molar-refractivity contribution < 1.29 is 9.90 Å². The highest BCUT2D eigenvalue weighted by Crippen LogP contribution is 2.47. The number of hydrogen-bond donors (Lipinski definition) is 1. The van der Waals surface area contributed by atoms with Crippen molar-refractivity contribution in [3.05, 3.63) is 11.6 Å². The first-order chi connectivity index (χ1) is 12.5. The van der Waals surface area contributed by atoms with E-state index in [9.17, 15) is 9.90 Å². The number of likely N-dealkylation sites (tertiary alicyclic amines) is 2. The van der Waals surface area contributed by atoms with Crippen LogP contribution in [0.4, 0.5) is 0 Å². The van der Waals surface area contributed by atoms with Gasteiger partial charge in [-0.3, -0.25) is 9.69 Å². The Bertz CT molecular complexity index is 653. The van der Waals surface area contributed by atoms with E-state index in [-0.39, 0.29) is 11.5 Å². The van der Waals surface area contributed by atoms with Gasteiger partial charge in [-0.25, -0.2) is 0 Å². The number of hydrogen-bond acceptors (Lipinski definition) is 5. The molecule has 0 spiro atoms. The molecule has 3 heterocycles. The highest BCUT2D eigenvalue weighted by Gasteiger charge is 2.47. The molecule has 2 aliphatic heterocycles. The molecule has 0 atom stereocenters. The second-order valence-electron chi connectivity index (χ2n) is 8.67. The molecule has 3 fully saturated rings. The normalized spacial score (nSPS) is 24.8. The first kappa shape index (κ1) is 17.9. The number of carbonyl (C=O) groups excluding carboxylic acids is 1. The van der Waals surface area contributed by atoms with Crippen molar-refractivity contribution in [2.45, 2.75) is 64.0 Å². The van der Waals surface area contributed by atoms with Gasteiger partial charge in [-0.1, -0.05) is 6.92 Å². The van der Waals surface area contributed by atoms with Crippen LogP contribution >= 0.6 is 0 Å². The average Bonchev–Trinajstić information content (AvgIpc) is 3.31. The highest BCUT2D eigenvalue weighted by molar-refractivity contribution is 5.85. The number of aliphatic hydroxyl groups is 1. The lowest BCUT2D eigenvalue weighted by Gasteiger charge is -2.33. The molecule has 2 saturated heterocycles. The third-order valence-electron chi connectivity index (χ3n) is 6.58. The van der Waals surface area contributed by atoms with Crippen molar-refractivity contribution in [1.29, 1.82) is 0 Å². The molecule has 1 amide bonds. The van der Waals surface area contributed by atoms with E-state index in [2.05, 4.69) is 38.5 Å². The number of aromatic nitrogens is 3. The average molecular weight is 361 g/mol. The summed E-state index contributed by atoms with van der Waals surface area (Å²) >= 11 is 0. The van der Waals surface area contributed by atoms with Gasteiger partial charge in [-0.2, -0.15) is 0 Å². The van der Waals surface area contributed by atoms with Gasteiger partial charge in [0, 0.05) is 44.6 Å². The van der Waals surface area contributed by atoms with E-state index in [1.807, 2.05) is 0 Å². The van der Waals surface area contributed by atoms with E-state index in [1.54, 1.807) is 0 Å². The SMILES string of the molecule is Cn1c(CN2CCC(O)CC2)nnc1C1CCN(C(=O)C2(C)CC2)CC1. The number of carbonyl (C=O) groups is 1. The molecule has 144 valence electrons. The van der Waals surface area contributed by atoms with Gasteiger partial charge in [-0.05, 0) is 38.5 Å². The van der Waals surface area contributed by atoms with E-state index < -0.39 is 0 Å². The standard InChI is InChI=1S/C19H31N5O2/c1-19(7-8-19)18(26)24-11-3-14(4-12-24)17-21-20-16(22(17)2)13-23-9-5-15(25)6-10-23/h14-15,25H,3-13H2,1-2H3. The van der Waals surface area contributed by atoms with Crippen LogP contribution in [-0.2, 0) is 18.4 Å². The first-order valence-corrected chi connectivity index (χ1v) is 10.0. The zero-order valence-corrected chi connectivity index (χ0v) is 16.0. The molecule has 1 N–H and O–H groups in total. The molecule has 0 bridgehead atoms. The Hall–Kier alpha value is -1.47. The summed E-state index contributed by atoms with van der Waals surface area (Å²) in [5.41, 5.74) is -0.0627. The minimum Gasteiger partial charge on any atom is -0.393 e. The van der Waals surface area contributed by atoms with Crippen LogP contribution in [0.1, 0.15) is 63.0 Å². The molecule has 4 rings (SSSR count). The van der Waals surface area contributed by atoms with E-state index in [1.165, 1.54) is 0 Å². The molecule has 1 saturated carbocycles. The molecular weight excluding hydrogens is 330 g/mol. The zero-order chi connectivity index (χ0) is 18.3. The first-order valence-electron chi connectivity index (χ1n) is 10.0. The van der Waals surface area contributed by atoms with Crippen molar-refractivity contribution >= 4 is 5.91 Å². The Morgan fingerprint density at radius 1 is 1.12 bits per heavy atom. The number of rotatable bonds is 4. The minimum atomic E-state index is -0.146. The van der Waals surface area contributed by atoms with Gasteiger partial charge in [0.15, 0.2) is 0 Å². The maximum atomic E-state index is 12.5. The second-order valence-corrected chi connectivity index (χ2v) is 8.67. The molecule has 0 unspecified atom stereocenters. The Morgan fingerprint density at radius 2 is 1.77 bits per heavy atom. The maximum absolute atomic E-state index is 12.5. The number of nitrogens with zero attached hydrogens (tertiary/aromatic N) is 5. The number of piperidine rings is 2. The lowest BCUT2D eigenvalue weighted by Crippen LogP contribution is -2.41. The molecule has 0 aromatic carbocycles. The summed E-state index contributed by atoms with van der Waals surface area (Å²) in [4.78, 5) is 16.9. The van der Waals surface area contributed by atoms with Crippen LogP contribution in [0, 0.1) is 5.41 Å². The maximum Gasteiger partial charge on any atom is 0.228 e. The van der Waals surface area contributed by atoms with Crippen molar-refractivity contribution in [2.24, 2.45) is 12.5 Å². The summed E-state index contributed by atoms with van der Waals surface area (Å²) in [5.74, 6) is 2.80. The van der Waals surface area contributed by atoms with Crippen LogP contribution in [-0.4, -0.2) is 67.9 Å². The predicted molar refractivity (Wildman–Crippen MR) is 97.4 cm³/mol. The summed E-state index contributed by atoms with van der Waals surface area (Å²) in [6.07, 6.45) is 5.59. The van der Waals surface area contributed by atoms with Crippen LogP contribution < -0.4 is 0 Å². The zero-order valence-electron chi connectivity index (χ0n) is 16.0. The quantitative estimate of drug-likeness (QED) is 0.874. The van der Waals surface area contributed by atoms with Gasteiger partial charge in [-0.15, -0.1) is 10.2 Å². The molecule has 1 aromatic heterocycles.